The summed E-state index contributed by atoms with van der Waals surface area (Å²) >= 11 is 6.10. The molecule has 1 unspecified atom stereocenters. The number of ketones is 1. The van der Waals surface area contributed by atoms with E-state index in [0.717, 1.165) is 16.9 Å². The Morgan fingerprint density at radius 3 is 2.40 bits per heavy atom. The molecule has 7 heteroatoms. The molecule has 1 fully saturated rings. The van der Waals surface area contributed by atoms with Crippen LogP contribution in [0.25, 0.3) is 5.76 Å². The molecule has 35 heavy (non-hydrogen) atoms. The number of nitrogens with zero attached hydrogens (tertiary/aromatic N) is 2. The van der Waals surface area contributed by atoms with Gasteiger partial charge in [-0.2, -0.15) is 0 Å². The number of hydrogen-bond donors (Lipinski definition) is 1. The lowest BCUT2D eigenvalue weighted by molar-refractivity contribution is -0.140. The van der Waals surface area contributed by atoms with Gasteiger partial charge in [0.05, 0.1) is 18.2 Å². The van der Waals surface area contributed by atoms with Gasteiger partial charge >= 0.3 is 0 Å². The Hall–Kier alpha value is -3.64. The number of benzene rings is 2. The molecule has 1 aromatic heterocycles. The Labute approximate surface area is 209 Å². The van der Waals surface area contributed by atoms with E-state index in [2.05, 4.69) is 4.98 Å². The third kappa shape index (κ3) is 4.93. The number of pyridine rings is 1. The van der Waals surface area contributed by atoms with Crippen LogP contribution in [-0.4, -0.2) is 33.3 Å². The normalized spacial score (nSPS) is 17.3. The molecule has 1 atom stereocenters. The van der Waals surface area contributed by atoms with Gasteiger partial charge in [-0.25, -0.2) is 0 Å². The van der Waals surface area contributed by atoms with Gasteiger partial charge < -0.3 is 14.7 Å². The molecule has 0 saturated carbocycles. The summed E-state index contributed by atoms with van der Waals surface area (Å²) in [7, 11) is 0. The lowest BCUT2D eigenvalue weighted by atomic mass is 9.93. The molecule has 6 nitrogen and oxygen atoms in total. The molecule has 1 aliphatic heterocycles. The number of carbonyl (C=O) groups is 2. The second kappa shape index (κ2) is 10.3. The van der Waals surface area contributed by atoms with Gasteiger partial charge in [0, 0.05) is 29.5 Å². The highest BCUT2D eigenvalue weighted by atomic mass is 35.5. The van der Waals surface area contributed by atoms with E-state index < -0.39 is 17.7 Å². The maximum absolute atomic E-state index is 13.3. The Bertz CT molecular complexity index is 1270. The SMILES string of the molecule is CCOc1ccc(/C(O)=C2/C(=O)C(=O)N(Cc3ccncc3)C2c2ccc(Cl)cc2)cc1C(C)C. The third-order valence-corrected chi connectivity index (χ3v) is 6.29. The Kier molecular flexibility index (Phi) is 7.22. The number of rotatable bonds is 7. The van der Waals surface area contributed by atoms with Crippen LogP contribution in [0.1, 0.15) is 55.0 Å². The molecule has 0 spiro atoms. The first-order valence-corrected chi connectivity index (χ1v) is 11.9. The number of aromatic nitrogens is 1. The van der Waals surface area contributed by atoms with E-state index in [-0.39, 0.29) is 23.8 Å². The van der Waals surface area contributed by atoms with E-state index in [1.165, 1.54) is 4.90 Å². The van der Waals surface area contributed by atoms with Gasteiger partial charge in [0.2, 0.25) is 0 Å². The van der Waals surface area contributed by atoms with Crippen molar-refractivity contribution in [2.45, 2.75) is 39.3 Å². The van der Waals surface area contributed by atoms with Crippen molar-refractivity contribution in [3.05, 3.63) is 99.8 Å². The number of aliphatic hydroxyl groups is 1. The predicted octanol–water partition coefficient (Wildman–Crippen LogP) is 5.88. The van der Waals surface area contributed by atoms with Crippen LogP contribution in [-0.2, 0) is 16.1 Å². The van der Waals surface area contributed by atoms with E-state index in [1.54, 1.807) is 60.9 Å². The molecule has 3 aromatic rings. The van der Waals surface area contributed by atoms with E-state index in [1.807, 2.05) is 26.8 Å². The Morgan fingerprint density at radius 2 is 1.77 bits per heavy atom. The van der Waals surface area contributed by atoms with E-state index in [9.17, 15) is 14.7 Å². The van der Waals surface area contributed by atoms with E-state index >= 15 is 0 Å². The van der Waals surface area contributed by atoms with Crippen molar-refractivity contribution in [1.82, 2.24) is 9.88 Å². The van der Waals surface area contributed by atoms with Crippen LogP contribution >= 0.6 is 11.6 Å². The maximum atomic E-state index is 13.3. The molecular weight excluding hydrogens is 464 g/mol. The van der Waals surface area contributed by atoms with Crippen molar-refractivity contribution in [2.75, 3.05) is 6.61 Å². The number of carbonyl (C=O) groups excluding carboxylic acids is 2. The minimum Gasteiger partial charge on any atom is -0.507 e. The van der Waals surface area contributed by atoms with Crippen LogP contribution in [0, 0.1) is 0 Å². The van der Waals surface area contributed by atoms with Crippen LogP contribution < -0.4 is 4.74 Å². The first-order valence-electron chi connectivity index (χ1n) is 11.5. The lowest BCUT2D eigenvalue weighted by Gasteiger charge is -2.25. The maximum Gasteiger partial charge on any atom is 0.295 e. The van der Waals surface area contributed by atoms with Crippen LogP contribution in [0.2, 0.25) is 5.02 Å². The molecule has 4 rings (SSSR count). The van der Waals surface area contributed by atoms with Crippen molar-refractivity contribution in [3.8, 4) is 5.75 Å². The van der Waals surface area contributed by atoms with Gasteiger partial charge in [-0.3, -0.25) is 14.6 Å². The summed E-state index contributed by atoms with van der Waals surface area (Å²) in [5.41, 5.74) is 2.91. The highest BCUT2D eigenvalue weighted by Gasteiger charge is 2.46. The summed E-state index contributed by atoms with van der Waals surface area (Å²) in [5, 5.41) is 11.9. The van der Waals surface area contributed by atoms with Gasteiger partial charge in [0.15, 0.2) is 0 Å². The number of halogens is 1. The van der Waals surface area contributed by atoms with E-state index in [0.29, 0.717) is 22.8 Å². The fraction of sp³-hybridized carbons (Fsp3) is 0.250. The molecule has 1 saturated heterocycles. The van der Waals surface area contributed by atoms with Gasteiger partial charge in [-0.15, -0.1) is 0 Å². The first-order chi connectivity index (χ1) is 16.8. The molecular formula is C28H27ClN2O4. The summed E-state index contributed by atoms with van der Waals surface area (Å²) < 4.78 is 5.74. The Morgan fingerprint density at radius 1 is 1.09 bits per heavy atom. The van der Waals surface area contributed by atoms with Crippen LogP contribution in [0.5, 0.6) is 5.75 Å². The van der Waals surface area contributed by atoms with Crippen molar-refractivity contribution >= 4 is 29.1 Å². The molecule has 1 amide bonds. The molecule has 1 aliphatic rings. The molecule has 2 aromatic carbocycles. The summed E-state index contributed by atoms with van der Waals surface area (Å²) in [6.45, 7) is 6.68. The van der Waals surface area contributed by atoms with Gasteiger partial charge in [-0.05, 0) is 72.0 Å². The highest BCUT2D eigenvalue weighted by molar-refractivity contribution is 6.46. The first kappa shape index (κ1) is 24.5. The number of Topliss-reactive ketones (excluding diaryl/α,β-unsaturated/α-hetero) is 1. The number of likely N-dealkylation sites (tertiary alicyclic amines) is 1. The van der Waals surface area contributed by atoms with Gasteiger partial charge in [0.25, 0.3) is 11.7 Å². The second-order valence-corrected chi connectivity index (χ2v) is 9.11. The summed E-state index contributed by atoms with van der Waals surface area (Å²) in [5.74, 6) is -0.753. The number of hydrogen-bond acceptors (Lipinski definition) is 5. The summed E-state index contributed by atoms with van der Waals surface area (Å²) in [6.07, 6.45) is 3.27. The smallest absolute Gasteiger partial charge is 0.295 e. The second-order valence-electron chi connectivity index (χ2n) is 8.67. The zero-order chi connectivity index (χ0) is 25.1. The largest absolute Gasteiger partial charge is 0.507 e. The van der Waals surface area contributed by atoms with Crippen molar-refractivity contribution < 1.29 is 19.4 Å². The fourth-order valence-corrected chi connectivity index (χ4v) is 4.43. The zero-order valence-corrected chi connectivity index (χ0v) is 20.6. The molecule has 1 N–H and O–H groups in total. The van der Waals surface area contributed by atoms with Crippen molar-refractivity contribution in [3.63, 3.8) is 0 Å². The number of amides is 1. The standard InChI is InChI=1S/C28H27ClN2O4/c1-4-35-23-10-7-20(15-22(23)17(2)3)26(32)24-25(19-5-8-21(29)9-6-19)31(28(34)27(24)33)16-18-11-13-30-14-12-18/h5-15,17,25,32H,4,16H2,1-3H3/b26-24-. The van der Waals surface area contributed by atoms with Gasteiger partial charge in [-0.1, -0.05) is 37.6 Å². The number of ether oxygens (including phenoxy) is 1. The third-order valence-electron chi connectivity index (χ3n) is 6.03. The molecule has 2 heterocycles. The fourth-order valence-electron chi connectivity index (χ4n) is 4.31. The van der Waals surface area contributed by atoms with Crippen LogP contribution in [0.3, 0.4) is 0 Å². The van der Waals surface area contributed by atoms with Gasteiger partial charge in [0.1, 0.15) is 11.5 Å². The topological polar surface area (TPSA) is 79.7 Å². The van der Waals surface area contributed by atoms with Crippen molar-refractivity contribution in [2.24, 2.45) is 0 Å². The average Bonchev–Trinajstić information content (AvgIpc) is 3.10. The van der Waals surface area contributed by atoms with E-state index in [4.69, 9.17) is 16.3 Å². The number of aliphatic hydroxyl groups excluding tert-OH is 1. The molecule has 0 aliphatic carbocycles. The average molecular weight is 491 g/mol. The minimum absolute atomic E-state index is 0.0465. The highest BCUT2D eigenvalue weighted by Crippen LogP contribution is 2.41. The van der Waals surface area contributed by atoms with Crippen LogP contribution in [0.15, 0.2) is 72.6 Å². The lowest BCUT2D eigenvalue weighted by Crippen LogP contribution is -2.29. The predicted molar refractivity (Wildman–Crippen MR) is 135 cm³/mol. The molecule has 0 radical (unpaired) electrons. The quantitative estimate of drug-likeness (QED) is 0.254. The molecule has 0 bridgehead atoms. The minimum atomic E-state index is -0.769. The van der Waals surface area contributed by atoms with Crippen molar-refractivity contribution in [1.29, 1.82) is 0 Å². The summed E-state index contributed by atoms with van der Waals surface area (Å²) in [4.78, 5) is 32.0. The molecule has 180 valence electrons. The monoisotopic (exact) mass is 490 g/mol. The summed E-state index contributed by atoms with van der Waals surface area (Å²) in [6, 6.07) is 15.1. The zero-order valence-electron chi connectivity index (χ0n) is 19.9. The van der Waals surface area contributed by atoms with Crippen LogP contribution in [0.4, 0.5) is 0 Å². The Balaban J connectivity index is 1.86.